The monoisotopic (exact) mass is 417 g/mol. The lowest BCUT2D eigenvalue weighted by atomic mass is 10.1. The van der Waals surface area contributed by atoms with Crippen LogP contribution in [0.4, 0.5) is 22.0 Å². The normalized spacial score (nSPS) is 17.9. The zero-order chi connectivity index (χ0) is 20.3. The molecule has 0 aromatic heterocycles. The first-order valence-corrected chi connectivity index (χ1v) is 9.49. The van der Waals surface area contributed by atoms with Crippen molar-refractivity contribution in [2.45, 2.75) is 18.0 Å². The minimum Gasteiger partial charge on any atom is -0.406 e. The van der Waals surface area contributed by atoms with Gasteiger partial charge in [0.25, 0.3) is 5.91 Å². The Balaban J connectivity index is 1.66. The molecule has 0 N–H and O–H groups in total. The van der Waals surface area contributed by atoms with Crippen LogP contribution in [0.3, 0.4) is 0 Å². The van der Waals surface area contributed by atoms with Gasteiger partial charge in [-0.3, -0.25) is 4.79 Å². The van der Waals surface area contributed by atoms with Crippen molar-refractivity contribution in [2.75, 3.05) is 18.8 Å². The lowest BCUT2D eigenvalue weighted by Crippen LogP contribution is -2.33. The van der Waals surface area contributed by atoms with Crippen LogP contribution in [0.5, 0.6) is 5.75 Å². The van der Waals surface area contributed by atoms with E-state index in [4.69, 9.17) is 0 Å². The molecule has 1 amide bonds. The van der Waals surface area contributed by atoms with Crippen molar-refractivity contribution in [2.24, 2.45) is 0 Å². The van der Waals surface area contributed by atoms with Crippen LogP contribution >= 0.6 is 11.8 Å². The maximum Gasteiger partial charge on any atom is 0.573 e. The Morgan fingerprint density at radius 3 is 2.46 bits per heavy atom. The van der Waals surface area contributed by atoms with Gasteiger partial charge in [0.1, 0.15) is 17.4 Å². The fourth-order valence-electron chi connectivity index (χ4n) is 2.96. The van der Waals surface area contributed by atoms with E-state index in [-0.39, 0.29) is 22.3 Å². The van der Waals surface area contributed by atoms with Crippen LogP contribution in [0.1, 0.15) is 27.6 Å². The average Bonchev–Trinajstić information content (AvgIpc) is 2.88. The van der Waals surface area contributed by atoms with Crippen molar-refractivity contribution >= 4 is 17.7 Å². The van der Waals surface area contributed by atoms with Crippen LogP contribution in [0.25, 0.3) is 0 Å². The zero-order valence-corrected chi connectivity index (χ0v) is 15.3. The van der Waals surface area contributed by atoms with E-state index in [0.717, 1.165) is 24.3 Å². The van der Waals surface area contributed by atoms with Crippen molar-refractivity contribution in [1.29, 1.82) is 0 Å². The zero-order valence-electron chi connectivity index (χ0n) is 14.5. The summed E-state index contributed by atoms with van der Waals surface area (Å²) in [6.45, 7) is 0.727. The molecule has 3 rings (SSSR count). The van der Waals surface area contributed by atoms with Crippen molar-refractivity contribution in [3.63, 3.8) is 0 Å². The molecule has 28 heavy (non-hydrogen) atoms. The van der Waals surface area contributed by atoms with Crippen LogP contribution in [-0.2, 0) is 0 Å². The number of benzene rings is 2. The van der Waals surface area contributed by atoms with Gasteiger partial charge in [0, 0.05) is 35.2 Å². The number of halogens is 5. The Morgan fingerprint density at radius 2 is 1.79 bits per heavy atom. The quantitative estimate of drug-likeness (QED) is 0.645. The summed E-state index contributed by atoms with van der Waals surface area (Å²) in [5, 5.41) is -0.281. The molecule has 2 aromatic carbocycles. The van der Waals surface area contributed by atoms with Gasteiger partial charge in [-0.25, -0.2) is 8.78 Å². The van der Waals surface area contributed by atoms with Gasteiger partial charge in [-0.05, 0) is 48.9 Å². The summed E-state index contributed by atoms with van der Waals surface area (Å²) in [4.78, 5) is 14.2. The summed E-state index contributed by atoms with van der Waals surface area (Å²) in [6.07, 6.45) is -4.36. The van der Waals surface area contributed by atoms with Gasteiger partial charge in [-0.2, -0.15) is 11.8 Å². The minimum atomic E-state index is -4.80. The maximum atomic E-state index is 14.0. The molecule has 1 fully saturated rings. The molecule has 9 heteroatoms. The molecule has 1 aliphatic heterocycles. The second kappa shape index (κ2) is 8.38. The van der Waals surface area contributed by atoms with Gasteiger partial charge in [0.05, 0.1) is 0 Å². The molecule has 0 saturated carbocycles. The SMILES string of the molecule is O=C(c1ccc(OC(F)(F)F)cc1)N1CCS[C@@H](c2cc(F)ccc2F)CC1. The molecule has 0 unspecified atom stereocenters. The third-order valence-corrected chi connectivity index (χ3v) is 5.58. The minimum absolute atomic E-state index is 0.231. The van der Waals surface area contributed by atoms with Gasteiger partial charge in [0.2, 0.25) is 0 Å². The molecule has 0 bridgehead atoms. The highest BCUT2D eigenvalue weighted by Crippen LogP contribution is 2.36. The van der Waals surface area contributed by atoms with E-state index in [1.807, 2.05) is 0 Å². The molecule has 3 nitrogen and oxygen atoms in total. The van der Waals surface area contributed by atoms with Gasteiger partial charge >= 0.3 is 6.36 Å². The van der Waals surface area contributed by atoms with Gasteiger partial charge < -0.3 is 9.64 Å². The first kappa shape index (κ1) is 20.4. The van der Waals surface area contributed by atoms with Crippen LogP contribution in [0, 0.1) is 11.6 Å². The van der Waals surface area contributed by atoms with Crippen molar-refractivity contribution < 1.29 is 31.5 Å². The predicted octanol–water partition coefficient (Wildman–Crippen LogP) is 5.18. The highest BCUT2D eigenvalue weighted by atomic mass is 32.2. The second-order valence-electron chi connectivity index (χ2n) is 6.18. The molecule has 1 saturated heterocycles. The Bertz CT molecular complexity index is 841. The number of ether oxygens (including phenoxy) is 1. The van der Waals surface area contributed by atoms with E-state index in [9.17, 15) is 26.7 Å². The topological polar surface area (TPSA) is 29.5 Å². The van der Waals surface area contributed by atoms with Gasteiger partial charge in [-0.15, -0.1) is 13.2 Å². The number of nitrogens with zero attached hydrogens (tertiary/aromatic N) is 1. The number of carbonyl (C=O) groups excluding carboxylic acids is 1. The summed E-state index contributed by atoms with van der Waals surface area (Å²) in [5.41, 5.74) is 0.503. The summed E-state index contributed by atoms with van der Waals surface area (Å²) in [5.74, 6) is -1.22. The number of alkyl halides is 3. The van der Waals surface area contributed by atoms with E-state index >= 15 is 0 Å². The first-order valence-electron chi connectivity index (χ1n) is 8.44. The smallest absolute Gasteiger partial charge is 0.406 e. The number of rotatable bonds is 3. The van der Waals surface area contributed by atoms with Crippen LogP contribution in [0.2, 0.25) is 0 Å². The highest BCUT2D eigenvalue weighted by Gasteiger charge is 2.31. The fraction of sp³-hybridized carbons (Fsp3) is 0.316. The van der Waals surface area contributed by atoms with Gasteiger partial charge in [-0.1, -0.05) is 0 Å². The lowest BCUT2D eigenvalue weighted by Gasteiger charge is -2.20. The summed E-state index contributed by atoms with van der Waals surface area (Å²) < 4.78 is 67.9. The molecule has 0 radical (unpaired) electrons. The predicted molar refractivity (Wildman–Crippen MR) is 95.2 cm³/mol. The molecule has 0 spiro atoms. The molecule has 1 heterocycles. The standard InChI is InChI=1S/C19H16F5NO2S/c20-13-3-6-16(21)15(11-13)17-7-8-25(9-10-28-17)18(26)12-1-4-14(5-2-12)27-19(22,23)24/h1-6,11,17H,7-10H2/t17-/m1/s1. The summed E-state index contributed by atoms with van der Waals surface area (Å²) in [7, 11) is 0. The molecule has 0 aliphatic carbocycles. The second-order valence-corrected chi connectivity index (χ2v) is 7.49. The van der Waals surface area contributed by atoms with Crippen LogP contribution in [-0.4, -0.2) is 36.0 Å². The van der Waals surface area contributed by atoms with E-state index < -0.39 is 23.7 Å². The Morgan fingerprint density at radius 1 is 1.07 bits per heavy atom. The lowest BCUT2D eigenvalue weighted by molar-refractivity contribution is -0.274. The molecule has 1 aliphatic rings. The van der Waals surface area contributed by atoms with Crippen molar-refractivity contribution in [3.05, 3.63) is 65.2 Å². The first-order chi connectivity index (χ1) is 13.2. The third-order valence-electron chi connectivity index (χ3n) is 4.27. The number of carbonyl (C=O) groups is 1. The van der Waals surface area contributed by atoms with Crippen LogP contribution < -0.4 is 4.74 Å². The van der Waals surface area contributed by atoms with E-state index in [0.29, 0.717) is 25.3 Å². The van der Waals surface area contributed by atoms with E-state index in [1.165, 1.54) is 30.0 Å². The van der Waals surface area contributed by atoms with Gasteiger partial charge in [0.15, 0.2) is 0 Å². The van der Waals surface area contributed by atoms with E-state index in [1.54, 1.807) is 4.90 Å². The Labute approximate surface area is 162 Å². The fourth-order valence-corrected chi connectivity index (χ4v) is 4.21. The molecular weight excluding hydrogens is 401 g/mol. The number of hydrogen-bond acceptors (Lipinski definition) is 3. The summed E-state index contributed by atoms with van der Waals surface area (Å²) in [6, 6.07) is 8.02. The highest BCUT2D eigenvalue weighted by molar-refractivity contribution is 7.99. The maximum absolute atomic E-state index is 14.0. The van der Waals surface area contributed by atoms with Crippen molar-refractivity contribution in [3.8, 4) is 5.75 Å². The average molecular weight is 417 g/mol. The number of hydrogen-bond donors (Lipinski definition) is 0. The van der Waals surface area contributed by atoms with Crippen LogP contribution in [0.15, 0.2) is 42.5 Å². The Kier molecular flexibility index (Phi) is 6.12. The summed E-state index contributed by atoms with van der Waals surface area (Å²) >= 11 is 1.44. The molecule has 1 atom stereocenters. The Hall–Kier alpha value is -2.29. The molecular formula is C19H16F5NO2S. The third kappa shape index (κ3) is 5.15. The number of thioether (sulfide) groups is 1. The molecule has 2 aromatic rings. The van der Waals surface area contributed by atoms with E-state index in [2.05, 4.69) is 4.74 Å². The largest absolute Gasteiger partial charge is 0.573 e. The molecule has 150 valence electrons. The number of amides is 1. The van der Waals surface area contributed by atoms with Crippen molar-refractivity contribution in [1.82, 2.24) is 4.90 Å².